The second-order valence-corrected chi connectivity index (χ2v) is 6.36. The number of nitrogens with two attached hydrogens (primary N) is 1. The average Bonchev–Trinajstić information content (AvgIpc) is 2.46. The van der Waals surface area contributed by atoms with Crippen LogP contribution in [-0.2, 0) is 0 Å². The fourth-order valence-corrected chi connectivity index (χ4v) is 3.64. The minimum atomic E-state index is 0.0565. The number of thioether (sulfide) groups is 1. The zero-order valence-electron chi connectivity index (χ0n) is 11.5. The molecule has 1 atom stereocenters. The van der Waals surface area contributed by atoms with E-state index in [0.29, 0.717) is 11.3 Å². The van der Waals surface area contributed by atoms with Gasteiger partial charge in [0.1, 0.15) is 0 Å². The number of hydrogen-bond donors (Lipinski definition) is 1. The minimum Gasteiger partial charge on any atom is -0.398 e. The van der Waals surface area contributed by atoms with E-state index in [0.717, 1.165) is 28.8 Å². The van der Waals surface area contributed by atoms with Crippen molar-refractivity contribution in [2.75, 3.05) is 23.8 Å². The molecule has 2 aromatic rings. The molecule has 4 heteroatoms. The summed E-state index contributed by atoms with van der Waals surface area (Å²) in [6.45, 7) is 2.90. The number of anilines is 1. The van der Waals surface area contributed by atoms with Gasteiger partial charge in [-0.25, -0.2) is 0 Å². The third kappa shape index (κ3) is 2.36. The van der Waals surface area contributed by atoms with Gasteiger partial charge in [0.15, 0.2) is 0 Å². The third-order valence-corrected chi connectivity index (χ3v) is 4.97. The van der Waals surface area contributed by atoms with Crippen LogP contribution in [0.3, 0.4) is 0 Å². The van der Waals surface area contributed by atoms with E-state index in [1.54, 1.807) is 0 Å². The second-order valence-electron chi connectivity index (χ2n) is 5.21. The van der Waals surface area contributed by atoms with E-state index in [2.05, 4.69) is 6.92 Å². The molecule has 3 nitrogen and oxygen atoms in total. The Bertz CT molecular complexity index is 656. The fraction of sp³-hybridized carbons (Fsp3) is 0.312. The lowest BCUT2D eigenvalue weighted by Gasteiger charge is -2.33. The largest absolute Gasteiger partial charge is 0.398 e. The summed E-state index contributed by atoms with van der Waals surface area (Å²) in [5.41, 5.74) is 7.28. The highest BCUT2D eigenvalue weighted by Gasteiger charge is 2.25. The van der Waals surface area contributed by atoms with Gasteiger partial charge in [0, 0.05) is 29.8 Å². The maximum atomic E-state index is 12.7. The van der Waals surface area contributed by atoms with Crippen molar-refractivity contribution < 1.29 is 4.79 Å². The van der Waals surface area contributed by atoms with E-state index in [1.165, 1.54) is 0 Å². The van der Waals surface area contributed by atoms with E-state index in [-0.39, 0.29) is 11.9 Å². The van der Waals surface area contributed by atoms with Crippen LogP contribution in [0.1, 0.15) is 17.3 Å². The average molecular weight is 286 g/mol. The van der Waals surface area contributed by atoms with Gasteiger partial charge in [0.2, 0.25) is 0 Å². The lowest BCUT2D eigenvalue weighted by atomic mass is 10.0. The van der Waals surface area contributed by atoms with E-state index in [1.807, 2.05) is 53.1 Å². The summed E-state index contributed by atoms with van der Waals surface area (Å²) in [5, 5.41) is 2.13. The second kappa shape index (κ2) is 5.37. The lowest BCUT2D eigenvalue weighted by molar-refractivity contribution is 0.0717. The number of benzene rings is 2. The van der Waals surface area contributed by atoms with Crippen LogP contribution in [0.4, 0.5) is 5.69 Å². The number of rotatable bonds is 1. The standard InChI is InChI=1S/C16H18N2OS/c1-11-10-20-7-6-18(11)16(19)14-8-12-4-2-3-5-13(12)9-15(14)17/h2-5,8-9,11H,6-7,10,17H2,1H3. The van der Waals surface area contributed by atoms with Gasteiger partial charge in [-0.2, -0.15) is 11.8 Å². The SMILES string of the molecule is CC1CSCCN1C(=O)c1cc2ccccc2cc1N. The maximum absolute atomic E-state index is 12.7. The van der Waals surface area contributed by atoms with Gasteiger partial charge in [0.25, 0.3) is 5.91 Å². The number of carbonyl (C=O) groups is 1. The molecule has 1 fully saturated rings. The number of carbonyl (C=O) groups excluding carboxylic acids is 1. The van der Waals surface area contributed by atoms with Gasteiger partial charge in [-0.1, -0.05) is 24.3 Å². The molecule has 1 saturated heterocycles. The molecule has 0 spiro atoms. The first-order valence-electron chi connectivity index (χ1n) is 6.84. The highest BCUT2D eigenvalue weighted by atomic mass is 32.2. The molecule has 0 bridgehead atoms. The Morgan fingerprint density at radius 3 is 2.70 bits per heavy atom. The molecule has 3 rings (SSSR count). The van der Waals surface area contributed by atoms with Crippen LogP contribution >= 0.6 is 11.8 Å². The fourth-order valence-electron chi connectivity index (χ4n) is 2.63. The normalized spacial score (nSPS) is 19.2. The highest BCUT2D eigenvalue weighted by molar-refractivity contribution is 7.99. The summed E-state index contributed by atoms with van der Waals surface area (Å²) >= 11 is 1.90. The summed E-state index contributed by atoms with van der Waals surface area (Å²) in [7, 11) is 0. The smallest absolute Gasteiger partial charge is 0.256 e. The first-order chi connectivity index (χ1) is 9.66. The molecule has 1 aliphatic heterocycles. The molecule has 1 aliphatic rings. The van der Waals surface area contributed by atoms with E-state index >= 15 is 0 Å². The van der Waals surface area contributed by atoms with Crippen molar-refractivity contribution in [2.45, 2.75) is 13.0 Å². The molecular weight excluding hydrogens is 268 g/mol. The van der Waals surface area contributed by atoms with Crippen molar-refractivity contribution in [2.24, 2.45) is 0 Å². The first-order valence-corrected chi connectivity index (χ1v) is 7.99. The molecule has 104 valence electrons. The van der Waals surface area contributed by atoms with Gasteiger partial charge in [-0.3, -0.25) is 4.79 Å². The Labute approximate surface area is 123 Å². The van der Waals surface area contributed by atoms with Crippen LogP contribution in [0.15, 0.2) is 36.4 Å². The maximum Gasteiger partial charge on any atom is 0.256 e. The molecule has 0 radical (unpaired) electrons. The van der Waals surface area contributed by atoms with E-state index < -0.39 is 0 Å². The lowest BCUT2D eigenvalue weighted by Crippen LogP contribution is -2.44. The molecule has 20 heavy (non-hydrogen) atoms. The van der Waals surface area contributed by atoms with Crippen LogP contribution in [0.25, 0.3) is 10.8 Å². The van der Waals surface area contributed by atoms with Crippen LogP contribution in [0, 0.1) is 0 Å². The Morgan fingerprint density at radius 1 is 1.30 bits per heavy atom. The molecule has 0 aliphatic carbocycles. The van der Waals surface area contributed by atoms with Crippen molar-refractivity contribution >= 4 is 34.1 Å². The van der Waals surface area contributed by atoms with Crippen molar-refractivity contribution in [1.82, 2.24) is 4.90 Å². The number of nitrogens with zero attached hydrogens (tertiary/aromatic N) is 1. The van der Waals surface area contributed by atoms with Gasteiger partial charge in [-0.15, -0.1) is 0 Å². The molecule has 1 heterocycles. The van der Waals surface area contributed by atoms with Crippen molar-refractivity contribution in [3.05, 3.63) is 42.0 Å². The topological polar surface area (TPSA) is 46.3 Å². The Balaban J connectivity index is 2.00. The highest BCUT2D eigenvalue weighted by Crippen LogP contribution is 2.25. The van der Waals surface area contributed by atoms with Gasteiger partial charge in [-0.05, 0) is 29.8 Å². The summed E-state index contributed by atoms with van der Waals surface area (Å²) in [6, 6.07) is 12.1. The number of fused-ring (bicyclic) bond motifs is 1. The van der Waals surface area contributed by atoms with Crippen LogP contribution < -0.4 is 5.73 Å². The minimum absolute atomic E-state index is 0.0565. The van der Waals surface area contributed by atoms with Crippen LogP contribution in [0.5, 0.6) is 0 Å². The predicted octanol–water partition coefficient (Wildman–Crippen LogP) is 3.00. The molecule has 2 N–H and O–H groups in total. The molecule has 0 aromatic heterocycles. The predicted molar refractivity (Wildman–Crippen MR) is 86.2 cm³/mol. The van der Waals surface area contributed by atoms with Crippen molar-refractivity contribution in [3.63, 3.8) is 0 Å². The van der Waals surface area contributed by atoms with Gasteiger partial charge >= 0.3 is 0 Å². The zero-order valence-corrected chi connectivity index (χ0v) is 12.3. The van der Waals surface area contributed by atoms with Crippen LogP contribution in [-0.4, -0.2) is 34.9 Å². The quantitative estimate of drug-likeness (QED) is 0.820. The Kier molecular flexibility index (Phi) is 3.57. The molecule has 1 amide bonds. The summed E-state index contributed by atoms with van der Waals surface area (Å²) in [4.78, 5) is 14.7. The molecule has 2 aromatic carbocycles. The molecule has 0 saturated carbocycles. The molecule has 1 unspecified atom stereocenters. The van der Waals surface area contributed by atoms with Crippen molar-refractivity contribution in [3.8, 4) is 0 Å². The van der Waals surface area contributed by atoms with E-state index in [4.69, 9.17) is 5.73 Å². The van der Waals surface area contributed by atoms with E-state index in [9.17, 15) is 4.79 Å². The van der Waals surface area contributed by atoms with Crippen molar-refractivity contribution in [1.29, 1.82) is 0 Å². The summed E-state index contributed by atoms with van der Waals surface area (Å²) in [5.74, 6) is 2.06. The Hall–Kier alpha value is -1.68. The number of nitrogen functional groups attached to an aromatic ring is 1. The zero-order chi connectivity index (χ0) is 14.1. The summed E-state index contributed by atoms with van der Waals surface area (Å²) in [6.07, 6.45) is 0. The van der Waals surface area contributed by atoms with Gasteiger partial charge < -0.3 is 10.6 Å². The number of amides is 1. The summed E-state index contributed by atoms with van der Waals surface area (Å²) < 4.78 is 0. The van der Waals surface area contributed by atoms with Crippen LogP contribution in [0.2, 0.25) is 0 Å². The van der Waals surface area contributed by atoms with Gasteiger partial charge in [0.05, 0.1) is 5.56 Å². The number of hydrogen-bond acceptors (Lipinski definition) is 3. The molecular formula is C16H18N2OS. The third-order valence-electron chi connectivity index (χ3n) is 3.78. The first kappa shape index (κ1) is 13.3. The monoisotopic (exact) mass is 286 g/mol. The Morgan fingerprint density at radius 2 is 2.00 bits per heavy atom.